The number of amides is 1. The molecule has 1 amide bonds. The summed E-state index contributed by atoms with van der Waals surface area (Å²) < 4.78 is 7.43. The minimum Gasteiger partial charge on any atom is -0.495 e. The molecule has 3 heterocycles. The van der Waals surface area contributed by atoms with E-state index >= 15 is 0 Å². The fourth-order valence-electron chi connectivity index (χ4n) is 5.05. The van der Waals surface area contributed by atoms with Crippen LogP contribution in [0, 0.1) is 0 Å². The highest BCUT2D eigenvalue weighted by molar-refractivity contribution is 7.13. The Kier molecular flexibility index (Phi) is 8.73. The molecule has 1 fully saturated rings. The molecule has 0 bridgehead atoms. The number of carbonyl (C=O) groups excluding carboxylic acids is 1. The van der Waals surface area contributed by atoms with Crippen molar-refractivity contribution in [3.05, 3.63) is 91.7 Å². The molecule has 7 nitrogen and oxygen atoms in total. The van der Waals surface area contributed by atoms with Gasteiger partial charge in [-0.3, -0.25) is 14.2 Å². The zero-order chi connectivity index (χ0) is 29.1. The maximum Gasteiger partial charge on any atom is 0.266 e. The third kappa shape index (κ3) is 5.86. The molecule has 0 saturated carbocycles. The zero-order valence-corrected chi connectivity index (χ0v) is 25.2. The van der Waals surface area contributed by atoms with Crippen molar-refractivity contribution in [2.75, 3.05) is 33.3 Å². The van der Waals surface area contributed by atoms with E-state index in [-0.39, 0.29) is 11.5 Å². The first-order valence-corrected chi connectivity index (χ1v) is 14.9. The molecule has 4 aromatic rings. The van der Waals surface area contributed by atoms with Crippen LogP contribution in [0.25, 0.3) is 33.6 Å². The summed E-state index contributed by atoms with van der Waals surface area (Å²) in [6.45, 7) is 8.59. The van der Waals surface area contributed by atoms with Crippen molar-refractivity contribution in [1.29, 1.82) is 0 Å². The molecule has 2 aromatic carbocycles. The van der Waals surface area contributed by atoms with Gasteiger partial charge in [0.15, 0.2) is 0 Å². The number of benzene rings is 2. The lowest BCUT2D eigenvalue weighted by atomic mass is 10.0. The standard InChI is InChI=1S/C32H33ClN4O3S/c1-5-21-7-6-8-28(40-4)29(21)37-27(17-20(2)3)24(31(38)36-15-13-34-14-16-36)18-25(32(37)39)30-35-26(19-41-30)22-9-11-23(33)12-10-22/h6-12,17-19,34H,5,13-16H2,1-4H3. The number of rotatable bonds is 7. The summed E-state index contributed by atoms with van der Waals surface area (Å²) in [5, 5.41) is 6.41. The molecule has 41 heavy (non-hydrogen) atoms. The van der Waals surface area contributed by atoms with Crippen LogP contribution < -0.4 is 15.6 Å². The number of aromatic nitrogens is 2. The van der Waals surface area contributed by atoms with Gasteiger partial charge in [0.05, 0.1) is 35.3 Å². The minimum atomic E-state index is -0.259. The van der Waals surface area contributed by atoms with Gasteiger partial charge in [-0.15, -0.1) is 11.3 Å². The number of allylic oxidation sites excluding steroid dienone is 1. The van der Waals surface area contributed by atoms with Crippen molar-refractivity contribution in [1.82, 2.24) is 19.8 Å². The van der Waals surface area contributed by atoms with E-state index in [1.54, 1.807) is 17.7 Å². The molecule has 0 atom stereocenters. The zero-order valence-electron chi connectivity index (χ0n) is 23.7. The lowest BCUT2D eigenvalue weighted by molar-refractivity contribution is 0.0735. The average Bonchev–Trinajstić information content (AvgIpc) is 3.47. The van der Waals surface area contributed by atoms with E-state index in [2.05, 4.69) is 5.32 Å². The van der Waals surface area contributed by atoms with E-state index in [0.29, 0.717) is 57.8 Å². The summed E-state index contributed by atoms with van der Waals surface area (Å²) in [7, 11) is 1.60. The van der Waals surface area contributed by atoms with E-state index in [9.17, 15) is 9.59 Å². The molecule has 0 spiro atoms. The fourth-order valence-corrected chi connectivity index (χ4v) is 6.02. The van der Waals surface area contributed by atoms with Crippen LogP contribution in [0.2, 0.25) is 5.02 Å². The summed E-state index contributed by atoms with van der Waals surface area (Å²) in [6, 6.07) is 14.9. The predicted octanol–water partition coefficient (Wildman–Crippen LogP) is 6.32. The number of pyridine rings is 1. The van der Waals surface area contributed by atoms with Gasteiger partial charge in [-0.2, -0.15) is 0 Å². The van der Waals surface area contributed by atoms with Crippen LogP contribution in [0.1, 0.15) is 42.4 Å². The van der Waals surface area contributed by atoms with Gasteiger partial charge in [-0.1, -0.05) is 48.4 Å². The second kappa shape index (κ2) is 12.4. The summed E-state index contributed by atoms with van der Waals surface area (Å²) in [6.07, 6.45) is 2.59. The number of thiazole rings is 1. The summed E-state index contributed by atoms with van der Waals surface area (Å²) in [4.78, 5) is 35.4. The molecule has 1 saturated heterocycles. The molecular weight excluding hydrogens is 556 g/mol. The van der Waals surface area contributed by atoms with Crippen molar-refractivity contribution in [2.45, 2.75) is 27.2 Å². The number of nitrogens with zero attached hydrogens (tertiary/aromatic N) is 3. The number of nitrogens with one attached hydrogen (secondary N) is 1. The lowest BCUT2D eigenvalue weighted by Crippen LogP contribution is -2.47. The molecule has 1 N–H and O–H groups in total. The number of hydrogen-bond acceptors (Lipinski definition) is 6. The first kappa shape index (κ1) is 28.8. The number of ether oxygens (including phenoxy) is 1. The number of hydrogen-bond donors (Lipinski definition) is 1. The van der Waals surface area contributed by atoms with Gasteiger partial charge in [-0.25, -0.2) is 4.98 Å². The average molecular weight is 589 g/mol. The van der Waals surface area contributed by atoms with Crippen molar-refractivity contribution in [3.8, 4) is 33.3 Å². The molecular formula is C32H33ClN4O3S. The molecule has 0 unspecified atom stereocenters. The Morgan fingerprint density at radius 3 is 2.54 bits per heavy atom. The molecule has 0 radical (unpaired) electrons. The Morgan fingerprint density at radius 1 is 1.15 bits per heavy atom. The predicted molar refractivity (Wildman–Crippen MR) is 168 cm³/mol. The van der Waals surface area contributed by atoms with Gasteiger partial charge in [-0.05, 0) is 56.2 Å². The SMILES string of the molecule is CCc1cccc(OC)c1-n1c(C=C(C)C)c(C(=O)N2CCNCC2)cc(-c2nc(-c3ccc(Cl)cc3)cs2)c1=O. The molecule has 0 aliphatic carbocycles. The van der Waals surface area contributed by atoms with Crippen molar-refractivity contribution in [2.24, 2.45) is 0 Å². The van der Waals surface area contributed by atoms with Crippen molar-refractivity contribution < 1.29 is 9.53 Å². The topological polar surface area (TPSA) is 76.5 Å². The highest BCUT2D eigenvalue weighted by atomic mass is 35.5. The van der Waals surface area contributed by atoms with Gasteiger partial charge in [0.2, 0.25) is 0 Å². The summed E-state index contributed by atoms with van der Waals surface area (Å²) >= 11 is 7.47. The smallest absolute Gasteiger partial charge is 0.266 e. The van der Waals surface area contributed by atoms with Crippen LogP contribution in [0.5, 0.6) is 5.75 Å². The third-order valence-corrected chi connectivity index (χ3v) is 8.21. The number of para-hydroxylation sites is 1. The van der Waals surface area contributed by atoms with Crippen LogP contribution in [0.4, 0.5) is 0 Å². The second-order valence-electron chi connectivity index (χ2n) is 10.1. The van der Waals surface area contributed by atoms with E-state index in [4.69, 9.17) is 21.3 Å². The largest absolute Gasteiger partial charge is 0.495 e. The molecule has 2 aromatic heterocycles. The highest BCUT2D eigenvalue weighted by Gasteiger charge is 2.28. The Bertz CT molecular complexity index is 1640. The number of piperazine rings is 1. The maximum atomic E-state index is 14.5. The van der Waals surface area contributed by atoms with Crippen LogP contribution in [0.3, 0.4) is 0 Å². The van der Waals surface area contributed by atoms with Gasteiger partial charge in [0.25, 0.3) is 11.5 Å². The van der Waals surface area contributed by atoms with Gasteiger partial charge in [0, 0.05) is 42.1 Å². The lowest BCUT2D eigenvalue weighted by Gasteiger charge is -2.29. The number of halogens is 1. The van der Waals surface area contributed by atoms with Gasteiger partial charge >= 0.3 is 0 Å². The molecule has 9 heteroatoms. The Hall–Kier alpha value is -3.72. The summed E-state index contributed by atoms with van der Waals surface area (Å²) in [5.41, 5.74) is 5.28. The number of carbonyl (C=O) groups is 1. The fraction of sp³-hybridized carbons (Fsp3) is 0.281. The van der Waals surface area contributed by atoms with Gasteiger partial charge in [0.1, 0.15) is 10.8 Å². The Labute approximate surface area is 249 Å². The number of aryl methyl sites for hydroxylation is 1. The maximum absolute atomic E-state index is 14.5. The number of methoxy groups -OCH3 is 1. The van der Waals surface area contributed by atoms with Crippen LogP contribution in [-0.2, 0) is 6.42 Å². The van der Waals surface area contributed by atoms with E-state index < -0.39 is 0 Å². The Morgan fingerprint density at radius 2 is 1.88 bits per heavy atom. The normalized spacial score (nSPS) is 13.2. The monoisotopic (exact) mass is 588 g/mol. The van der Waals surface area contributed by atoms with Gasteiger partial charge < -0.3 is 15.0 Å². The highest BCUT2D eigenvalue weighted by Crippen LogP contribution is 2.33. The van der Waals surface area contributed by atoms with Crippen molar-refractivity contribution in [3.63, 3.8) is 0 Å². The molecule has 212 valence electrons. The third-order valence-electron chi connectivity index (χ3n) is 7.08. The minimum absolute atomic E-state index is 0.114. The first-order chi connectivity index (χ1) is 19.8. The quantitative estimate of drug-likeness (QED) is 0.273. The van der Waals surface area contributed by atoms with E-state index in [0.717, 1.165) is 35.5 Å². The Balaban J connectivity index is 1.82. The van der Waals surface area contributed by atoms with Crippen LogP contribution >= 0.6 is 22.9 Å². The summed E-state index contributed by atoms with van der Waals surface area (Å²) in [5.74, 6) is 0.449. The second-order valence-corrected chi connectivity index (χ2v) is 11.4. The molecule has 1 aliphatic rings. The van der Waals surface area contributed by atoms with E-state index in [1.807, 2.05) is 79.6 Å². The van der Waals surface area contributed by atoms with Crippen LogP contribution in [-0.4, -0.2) is 53.6 Å². The molecule has 5 rings (SSSR count). The van der Waals surface area contributed by atoms with Crippen molar-refractivity contribution >= 4 is 34.9 Å². The molecule has 1 aliphatic heterocycles. The first-order valence-electron chi connectivity index (χ1n) is 13.7. The van der Waals surface area contributed by atoms with Crippen LogP contribution in [0.15, 0.2) is 64.3 Å². The van der Waals surface area contributed by atoms with E-state index in [1.165, 1.54) is 11.3 Å².